The Kier molecular flexibility index (Phi) is 9.84. The van der Waals surface area contributed by atoms with Gasteiger partial charge in [-0.25, -0.2) is 0 Å². The number of rotatable bonds is 10. The van der Waals surface area contributed by atoms with E-state index in [0.29, 0.717) is 5.92 Å². The third-order valence-corrected chi connectivity index (χ3v) is 6.23. The molecule has 1 aliphatic carbocycles. The van der Waals surface area contributed by atoms with Crippen molar-refractivity contribution in [3.8, 4) is 23.3 Å². The third-order valence-electron chi connectivity index (χ3n) is 6.23. The van der Waals surface area contributed by atoms with Gasteiger partial charge in [0.2, 0.25) is 0 Å². The summed E-state index contributed by atoms with van der Waals surface area (Å²) in [5.74, 6) is 10.0. The van der Waals surface area contributed by atoms with E-state index in [1.807, 2.05) is 48.5 Å². The zero-order valence-electron chi connectivity index (χ0n) is 19.4. The van der Waals surface area contributed by atoms with Crippen LogP contribution >= 0.6 is 0 Å². The van der Waals surface area contributed by atoms with Gasteiger partial charge < -0.3 is 9.47 Å². The highest BCUT2D eigenvalue weighted by Gasteiger charge is 2.20. The molecule has 0 N–H and O–H groups in total. The van der Waals surface area contributed by atoms with E-state index in [9.17, 15) is 0 Å². The van der Waals surface area contributed by atoms with Crippen molar-refractivity contribution in [1.29, 1.82) is 0 Å². The fourth-order valence-electron chi connectivity index (χ4n) is 4.26. The van der Waals surface area contributed by atoms with Gasteiger partial charge in [0.05, 0.1) is 13.2 Å². The molecule has 2 aromatic carbocycles. The molecule has 3 rings (SSSR count). The molecule has 0 bridgehead atoms. The van der Waals surface area contributed by atoms with E-state index in [4.69, 9.17) is 9.47 Å². The van der Waals surface area contributed by atoms with Gasteiger partial charge in [-0.3, -0.25) is 0 Å². The SMILES string of the molecule is CCCCCOc1ccc(C#Cc2ccc(OCC3CCC(CCC)CC3)cc2)cc1. The summed E-state index contributed by atoms with van der Waals surface area (Å²) in [6.07, 6.45) is 11.6. The molecular weight excluding hydrogens is 380 g/mol. The fraction of sp³-hybridized carbons (Fsp3) is 0.517. The maximum absolute atomic E-state index is 6.06. The lowest BCUT2D eigenvalue weighted by molar-refractivity contribution is 0.178. The number of hydrogen-bond acceptors (Lipinski definition) is 2. The van der Waals surface area contributed by atoms with Crippen molar-refractivity contribution >= 4 is 0 Å². The van der Waals surface area contributed by atoms with Gasteiger partial charge in [-0.05, 0) is 79.6 Å². The summed E-state index contributed by atoms with van der Waals surface area (Å²) < 4.78 is 11.8. The standard InChI is InChI=1S/C29H38O2/c1-3-5-6-22-30-28-18-14-25(15-19-28)8-9-26-16-20-29(21-17-26)31-23-27-12-10-24(7-4-2)11-13-27/h14-21,24,27H,3-7,10-13,22-23H2,1-2H3. The second-order valence-electron chi connectivity index (χ2n) is 8.84. The normalized spacial score (nSPS) is 18.1. The van der Waals surface area contributed by atoms with E-state index in [-0.39, 0.29) is 0 Å². The number of benzene rings is 2. The summed E-state index contributed by atoms with van der Waals surface area (Å²) in [6, 6.07) is 16.2. The van der Waals surface area contributed by atoms with Gasteiger partial charge >= 0.3 is 0 Å². The first-order valence-corrected chi connectivity index (χ1v) is 12.2. The van der Waals surface area contributed by atoms with Crippen molar-refractivity contribution in [2.24, 2.45) is 11.8 Å². The van der Waals surface area contributed by atoms with Crippen LogP contribution in [0.3, 0.4) is 0 Å². The molecule has 0 aromatic heterocycles. The van der Waals surface area contributed by atoms with E-state index in [2.05, 4.69) is 25.7 Å². The second kappa shape index (κ2) is 13.1. The van der Waals surface area contributed by atoms with Crippen molar-refractivity contribution in [2.75, 3.05) is 13.2 Å². The molecule has 1 saturated carbocycles. The number of hydrogen-bond donors (Lipinski definition) is 0. The average molecular weight is 419 g/mol. The molecule has 0 amide bonds. The van der Waals surface area contributed by atoms with E-state index in [0.717, 1.165) is 48.2 Å². The third kappa shape index (κ3) is 8.33. The highest BCUT2D eigenvalue weighted by Crippen LogP contribution is 2.31. The minimum absolute atomic E-state index is 0.714. The van der Waals surface area contributed by atoms with Crippen molar-refractivity contribution in [2.45, 2.75) is 71.6 Å². The van der Waals surface area contributed by atoms with Gasteiger partial charge in [-0.15, -0.1) is 0 Å². The summed E-state index contributed by atoms with van der Waals surface area (Å²) in [6.45, 7) is 6.13. The van der Waals surface area contributed by atoms with Crippen molar-refractivity contribution in [3.63, 3.8) is 0 Å². The molecule has 31 heavy (non-hydrogen) atoms. The predicted molar refractivity (Wildman–Crippen MR) is 130 cm³/mol. The van der Waals surface area contributed by atoms with Gasteiger partial charge in [0, 0.05) is 11.1 Å². The van der Waals surface area contributed by atoms with Crippen LogP contribution in [-0.4, -0.2) is 13.2 Å². The minimum Gasteiger partial charge on any atom is -0.494 e. The molecule has 1 aliphatic rings. The Hall–Kier alpha value is -2.40. The van der Waals surface area contributed by atoms with Crippen LogP contribution in [0.1, 0.15) is 82.8 Å². The molecule has 0 unspecified atom stereocenters. The highest BCUT2D eigenvalue weighted by atomic mass is 16.5. The predicted octanol–water partition coefficient (Wildman–Crippen LogP) is 7.64. The van der Waals surface area contributed by atoms with Gasteiger partial charge in [0.15, 0.2) is 0 Å². The molecule has 2 aromatic rings. The fourth-order valence-corrected chi connectivity index (χ4v) is 4.26. The van der Waals surface area contributed by atoms with Crippen LogP contribution in [0.5, 0.6) is 11.5 Å². The highest BCUT2D eigenvalue weighted by molar-refractivity contribution is 5.45. The quantitative estimate of drug-likeness (QED) is 0.291. The van der Waals surface area contributed by atoms with Crippen LogP contribution < -0.4 is 9.47 Å². The Balaban J connectivity index is 1.42. The average Bonchev–Trinajstić information content (AvgIpc) is 2.82. The molecular formula is C29H38O2. The molecule has 0 heterocycles. The summed E-state index contributed by atoms with van der Waals surface area (Å²) >= 11 is 0. The molecule has 166 valence electrons. The first-order chi connectivity index (χ1) is 15.3. The van der Waals surface area contributed by atoms with Crippen molar-refractivity contribution in [1.82, 2.24) is 0 Å². The van der Waals surface area contributed by atoms with Crippen LogP contribution in [0.2, 0.25) is 0 Å². The molecule has 0 saturated heterocycles. The maximum Gasteiger partial charge on any atom is 0.119 e. The maximum atomic E-state index is 6.06. The van der Waals surface area contributed by atoms with Crippen LogP contribution in [0.15, 0.2) is 48.5 Å². The monoisotopic (exact) mass is 418 g/mol. The Morgan fingerprint density at radius 3 is 1.77 bits per heavy atom. The zero-order chi connectivity index (χ0) is 21.7. The summed E-state index contributed by atoms with van der Waals surface area (Å²) in [5.41, 5.74) is 2.01. The molecule has 1 fully saturated rings. The molecule has 0 radical (unpaired) electrons. The van der Waals surface area contributed by atoms with Crippen LogP contribution in [0.4, 0.5) is 0 Å². The van der Waals surface area contributed by atoms with E-state index in [1.165, 1.54) is 51.4 Å². The second-order valence-corrected chi connectivity index (χ2v) is 8.84. The summed E-state index contributed by atoms with van der Waals surface area (Å²) in [5, 5.41) is 0. The van der Waals surface area contributed by atoms with Gasteiger partial charge in [0.1, 0.15) is 11.5 Å². The number of ether oxygens (including phenoxy) is 2. The molecule has 2 heteroatoms. The van der Waals surface area contributed by atoms with E-state index in [1.54, 1.807) is 0 Å². The van der Waals surface area contributed by atoms with Gasteiger partial charge in [-0.2, -0.15) is 0 Å². The van der Waals surface area contributed by atoms with Crippen LogP contribution in [0.25, 0.3) is 0 Å². The summed E-state index contributed by atoms with van der Waals surface area (Å²) in [4.78, 5) is 0. The first-order valence-electron chi connectivity index (χ1n) is 12.2. The Labute approximate surface area is 189 Å². The Bertz CT molecular complexity index is 803. The summed E-state index contributed by atoms with van der Waals surface area (Å²) in [7, 11) is 0. The molecule has 2 nitrogen and oxygen atoms in total. The van der Waals surface area contributed by atoms with Crippen LogP contribution in [-0.2, 0) is 0 Å². The Morgan fingerprint density at radius 2 is 1.23 bits per heavy atom. The molecule has 0 aliphatic heterocycles. The van der Waals surface area contributed by atoms with Crippen molar-refractivity contribution in [3.05, 3.63) is 59.7 Å². The minimum atomic E-state index is 0.714. The topological polar surface area (TPSA) is 18.5 Å². The van der Waals surface area contributed by atoms with Crippen molar-refractivity contribution < 1.29 is 9.47 Å². The molecule has 0 spiro atoms. The van der Waals surface area contributed by atoms with Crippen LogP contribution in [0, 0.1) is 23.7 Å². The van der Waals surface area contributed by atoms with E-state index < -0.39 is 0 Å². The lowest BCUT2D eigenvalue weighted by Crippen LogP contribution is -2.20. The van der Waals surface area contributed by atoms with Gasteiger partial charge in [-0.1, -0.05) is 64.2 Å². The van der Waals surface area contributed by atoms with E-state index >= 15 is 0 Å². The largest absolute Gasteiger partial charge is 0.494 e. The smallest absolute Gasteiger partial charge is 0.119 e. The zero-order valence-corrected chi connectivity index (χ0v) is 19.4. The lowest BCUT2D eigenvalue weighted by atomic mass is 9.80. The Morgan fingerprint density at radius 1 is 0.677 bits per heavy atom. The lowest BCUT2D eigenvalue weighted by Gasteiger charge is -2.28. The number of unbranched alkanes of at least 4 members (excludes halogenated alkanes) is 2. The van der Waals surface area contributed by atoms with Gasteiger partial charge in [0.25, 0.3) is 0 Å². The molecule has 0 atom stereocenters. The first kappa shape index (κ1) is 23.3.